The van der Waals surface area contributed by atoms with E-state index in [1.165, 1.54) is 4.90 Å². The summed E-state index contributed by atoms with van der Waals surface area (Å²) < 4.78 is 58.2. The number of benzene rings is 3. The molecule has 1 unspecified atom stereocenters. The number of hydrogen-bond donors (Lipinski definition) is 1. The Kier molecular flexibility index (Phi) is 7.43. The molecule has 7 rings (SSSR count). The lowest BCUT2D eigenvalue weighted by molar-refractivity contribution is -0.261. The molecule has 2 aliphatic rings. The minimum atomic E-state index is -4.69. The number of nitrogens with zero attached hydrogens (tertiary/aromatic N) is 3. The van der Waals surface area contributed by atoms with Gasteiger partial charge in [0.25, 0.3) is 5.91 Å². The van der Waals surface area contributed by atoms with Crippen LogP contribution in [0.3, 0.4) is 0 Å². The molecule has 11 heteroatoms. The summed E-state index contributed by atoms with van der Waals surface area (Å²) >= 11 is 0. The van der Waals surface area contributed by atoms with Crippen molar-refractivity contribution in [3.63, 3.8) is 0 Å². The second-order valence-electron chi connectivity index (χ2n) is 12.1. The van der Waals surface area contributed by atoms with Crippen LogP contribution in [0.15, 0.2) is 95.4 Å². The highest BCUT2D eigenvalue weighted by Gasteiger charge is 2.64. The Morgan fingerprint density at radius 2 is 1.54 bits per heavy atom. The Morgan fingerprint density at radius 3 is 2.20 bits per heavy atom. The van der Waals surface area contributed by atoms with Crippen LogP contribution in [0.5, 0.6) is 11.8 Å². The van der Waals surface area contributed by atoms with E-state index in [-0.39, 0.29) is 50.2 Å². The summed E-state index contributed by atoms with van der Waals surface area (Å²) in [6.45, 7) is 0.901. The molecule has 5 aromatic rings. The molecule has 3 heterocycles. The van der Waals surface area contributed by atoms with Crippen LogP contribution in [0, 0.1) is 5.41 Å². The Morgan fingerprint density at radius 1 is 0.870 bits per heavy atom. The van der Waals surface area contributed by atoms with Crippen LogP contribution in [0.4, 0.5) is 13.2 Å². The molecule has 2 fully saturated rings. The summed E-state index contributed by atoms with van der Waals surface area (Å²) in [7, 11) is 0. The molecule has 0 bridgehead atoms. The van der Waals surface area contributed by atoms with E-state index in [4.69, 9.17) is 13.9 Å². The monoisotopic (exact) mass is 629 g/mol. The molecule has 1 N–H and O–H groups in total. The second kappa shape index (κ2) is 11.5. The van der Waals surface area contributed by atoms with Crippen LogP contribution in [-0.4, -0.2) is 50.7 Å². The average molecular weight is 630 g/mol. The maximum atomic E-state index is 13.3. The molecule has 1 atom stereocenters. The minimum absolute atomic E-state index is 0.163. The van der Waals surface area contributed by atoms with E-state index in [2.05, 4.69) is 9.97 Å². The second-order valence-corrected chi connectivity index (χ2v) is 12.1. The van der Waals surface area contributed by atoms with E-state index >= 15 is 0 Å². The first-order chi connectivity index (χ1) is 22.1. The Labute approximate surface area is 262 Å². The highest BCUT2D eigenvalue weighted by Crippen LogP contribution is 2.55. The van der Waals surface area contributed by atoms with Gasteiger partial charge < -0.3 is 23.9 Å². The molecule has 8 nitrogen and oxygen atoms in total. The van der Waals surface area contributed by atoms with Gasteiger partial charge in [-0.1, -0.05) is 60.7 Å². The van der Waals surface area contributed by atoms with Gasteiger partial charge in [-0.05, 0) is 54.7 Å². The van der Waals surface area contributed by atoms with Crippen LogP contribution < -0.4 is 9.47 Å². The van der Waals surface area contributed by atoms with Crippen LogP contribution in [0.1, 0.15) is 40.7 Å². The zero-order chi connectivity index (χ0) is 31.9. The molecule has 236 valence electrons. The molecular weight excluding hydrogens is 599 g/mol. The minimum Gasteiger partial charge on any atom is -0.473 e. The van der Waals surface area contributed by atoms with Gasteiger partial charge in [-0.25, -0.2) is 4.98 Å². The zero-order valence-electron chi connectivity index (χ0n) is 24.7. The third-order valence-electron chi connectivity index (χ3n) is 8.75. The zero-order valence-corrected chi connectivity index (χ0v) is 24.7. The van der Waals surface area contributed by atoms with Crippen molar-refractivity contribution in [3.05, 3.63) is 108 Å². The number of likely N-dealkylation sites (tertiary alicyclic amines) is 1. The fourth-order valence-electron chi connectivity index (χ4n) is 6.28. The maximum Gasteiger partial charge on any atom is 0.417 e. The first-order valence-corrected chi connectivity index (χ1v) is 14.9. The lowest BCUT2D eigenvalue weighted by Gasteiger charge is -2.49. The number of hydrogen-bond acceptors (Lipinski definition) is 7. The highest BCUT2D eigenvalue weighted by molar-refractivity contribution is 5.97. The van der Waals surface area contributed by atoms with Gasteiger partial charge in [-0.2, -0.15) is 18.2 Å². The Balaban J connectivity index is 1.10. The quantitative estimate of drug-likeness (QED) is 0.198. The summed E-state index contributed by atoms with van der Waals surface area (Å²) in [5, 5.41) is 10.1. The normalized spacial score (nSPS) is 18.9. The van der Waals surface area contributed by atoms with Gasteiger partial charge >= 0.3 is 6.18 Å². The van der Waals surface area contributed by atoms with Crippen molar-refractivity contribution in [2.75, 3.05) is 13.1 Å². The predicted octanol–water partition coefficient (Wildman–Crippen LogP) is 6.97. The molecule has 46 heavy (non-hydrogen) atoms. The topological polar surface area (TPSA) is 97.9 Å². The standard InChI is InChI=1S/C35H30F3N3O5/c36-35(37,38)34(43)16-15-33(20-34)21-41(22-33)32(42)25-11-13-27-28(17-25)46-31(39-27)26-12-14-29(44-18-23-7-3-1-4-8-23)40-30(26)45-19-24-9-5-2-6-10-24/h1-14,17,43H,15-16,18-22H2. The van der Waals surface area contributed by atoms with Crippen molar-refractivity contribution in [2.24, 2.45) is 5.41 Å². The molecule has 1 spiro atoms. The molecule has 3 aromatic carbocycles. The molecule has 1 aliphatic heterocycles. The fourth-order valence-corrected chi connectivity index (χ4v) is 6.28. The van der Waals surface area contributed by atoms with E-state index in [9.17, 15) is 23.1 Å². The van der Waals surface area contributed by atoms with Crippen molar-refractivity contribution in [3.8, 4) is 23.2 Å². The molecule has 0 radical (unpaired) electrons. The van der Waals surface area contributed by atoms with Crippen LogP contribution in [0.2, 0.25) is 0 Å². The van der Waals surface area contributed by atoms with Gasteiger partial charge in [-0.15, -0.1) is 0 Å². The van der Waals surface area contributed by atoms with E-state index in [1.807, 2.05) is 60.7 Å². The number of carbonyl (C=O) groups is 1. The van der Waals surface area contributed by atoms with E-state index in [0.717, 1.165) is 11.1 Å². The molecular formula is C35H30F3N3O5. The van der Waals surface area contributed by atoms with E-state index in [1.54, 1.807) is 30.3 Å². The third-order valence-corrected chi connectivity index (χ3v) is 8.75. The summed E-state index contributed by atoms with van der Waals surface area (Å²) in [6.07, 6.45) is -5.21. The van der Waals surface area contributed by atoms with Gasteiger partial charge in [0.15, 0.2) is 11.2 Å². The number of aliphatic hydroxyl groups is 1. The van der Waals surface area contributed by atoms with E-state index in [0.29, 0.717) is 34.7 Å². The van der Waals surface area contributed by atoms with Crippen molar-refractivity contribution in [2.45, 2.75) is 44.3 Å². The number of carbonyl (C=O) groups excluding carboxylic acids is 1. The average Bonchev–Trinajstić information content (AvgIpc) is 3.64. The third kappa shape index (κ3) is 5.78. The van der Waals surface area contributed by atoms with Crippen LogP contribution >= 0.6 is 0 Å². The lowest BCUT2D eigenvalue weighted by atomic mass is 9.76. The van der Waals surface area contributed by atoms with Crippen molar-refractivity contribution >= 4 is 17.0 Å². The lowest BCUT2D eigenvalue weighted by Crippen LogP contribution is -2.58. The molecule has 1 amide bonds. The van der Waals surface area contributed by atoms with Crippen molar-refractivity contribution in [1.29, 1.82) is 0 Å². The summed E-state index contributed by atoms with van der Waals surface area (Å²) in [5.74, 6) is 0.549. The molecule has 1 saturated carbocycles. The van der Waals surface area contributed by atoms with Gasteiger partial charge in [0.2, 0.25) is 17.7 Å². The number of aromatic nitrogens is 2. The largest absolute Gasteiger partial charge is 0.473 e. The maximum absolute atomic E-state index is 13.3. The molecule has 2 aromatic heterocycles. The summed E-state index contributed by atoms with van der Waals surface area (Å²) in [6, 6.07) is 27.7. The van der Waals surface area contributed by atoms with Gasteiger partial charge in [0.1, 0.15) is 18.7 Å². The van der Waals surface area contributed by atoms with Gasteiger partial charge in [0, 0.05) is 30.1 Å². The fraction of sp³-hybridized carbons (Fsp3) is 0.286. The van der Waals surface area contributed by atoms with E-state index < -0.39 is 23.6 Å². The molecule has 1 saturated heterocycles. The number of halogens is 3. The van der Waals surface area contributed by atoms with Gasteiger partial charge in [-0.3, -0.25) is 4.79 Å². The Bertz CT molecular complexity index is 1870. The first-order valence-electron chi connectivity index (χ1n) is 14.9. The number of fused-ring (bicyclic) bond motifs is 1. The van der Waals surface area contributed by atoms with Crippen LogP contribution in [-0.2, 0) is 13.2 Å². The van der Waals surface area contributed by atoms with Crippen molar-refractivity contribution in [1.82, 2.24) is 14.9 Å². The summed E-state index contributed by atoms with van der Waals surface area (Å²) in [4.78, 5) is 24.0. The SMILES string of the molecule is O=C(c1ccc2nc(-c3ccc(OCc4ccccc4)nc3OCc3ccccc3)oc2c1)N1CC2(CCC(O)(C(F)(F)F)C2)C1. The highest BCUT2D eigenvalue weighted by atomic mass is 19.4. The number of oxazole rings is 1. The van der Waals surface area contributed by atoms with Gasteiger partial charge in [0.05, 0.1) is 5.56 Å². The first kappa shape index (κ1) is 29.8. The van der Waals surface area contributed by atoms with Crippen molar-refractivity contribution < 1.29 is 37.0 Å². The molecule has 1 aliphatic carbocycles. The smallest absolute Gasteiger partial charge is 0.417 e. The number of ether oxygens (including phenoxy) is 2. The predicted molar refractivity (Wildman–Crippen MR) is 162 cm³/mol. The summed E-state index contributed by atoms with van der Waals surface area (Å²) in [5.41, 5.74) is 0.223. The number of alkyl halides is 3. The van der Waals surface area contributed by atoms with Crippen LogP contribution in [0.25, 0.3) is 22.6 Å². The Hall–Kier alpha value is -4.90. The number of pyridine rings is 1. The number of rotatable bonds is 8. The number of amides is 1.